The molecule has 2 unspecified atom stereocenters. The zero-order valence-corrected chi connectivity index (χ0v) is 11.3. The van der Waals surface area contributed by atoms with Crippen LogP contribution in [0.15, 0.2) is 24.3 Å². The number of benzene rings is 1. The lowest BCUT2D eigenvalue weighted by Gasteiger charge is -2.36. The summed E-state index contributed by atoms with van der Waals surface area (Å²) in [5.74, 6) is -0.963. The van der Waals surface area contributed by atoms with Gasteiger partial charge in [0.05, 0.1) is 12.2 Å². The summed E-state index contributed by atoms with van der Waals surface area (Å²) in [6.45, 7) is 2.94. The molecule has 0 bridgehead atoms. The minimum absolute atomic E-state index is 0.158. The summed E-state index contributed by atoms with van der Waals surface area (Å²) >= 11 is 0. The third-order valence-corrected chi connectivity index (χ3v) is 3.35. The van der Waals surface area contributed by atoms with Crippen LogP contribution in [0.4, 0.5) is 4.39 Å². The van der Waals surface area contributed by atoms with Crippen molar-refractivity contribution < 1.29 is 19.0 Å². The molecule has 1 heterocycles. The van der Waals surface area contributed by atoms with E-state index in [9.17, 15) is 14.3 Å². The second kappa shape index (κ2) is 6.30. The van der Waals surface area contributed by atoms with Crippen LogP contribution in [0.3, 0.4) is 0 Å². The van der Waals surface area contributed by atoms with E-state index in [1.54, 1.807) is 18.2 Å². The first-order chi connectivity index (χ1) is 9.47. The number of halogens is 1. The molecule has 3 atom stereocenters. The Balaban J connectivity index is 2.02. The molecule has 2 rings (SSSR count). The number of nitrogens with two attached hydrogens (primary N) is 1. The number of aliphatic hydroxyl groups is 1. The van der Waals surface area contributed by atoms with Crippen LogP contribution in [0, 0.1) is 5.82 Å². The van der Waals surface area contributed by atoms with Gasteiger partial charge in [-0.25, -0.2) is 4.39 Å². The van der Waals surface area contributed by atoms with Gasteiger partial charge >= 0.3 is 0 Å². The number of ether oxygens (including phenoxy) is 1. The molecule has 20 heavy (non-hydrogen) atoms. The fraction of sp³-hybridized carbons (Fsp3) is 0.500. The summed E-state index contributed by atoms with van der Waals surface area (Å²) in [6.07, 6.45) is -1.80. The normalized spacial score (nSPS) is 25.4. The number of hydrogen-bond donors (Lipinski definition) is 2. The lowest BCUT2D eigenvalue weighted by Crippen LogP contribution is -2.52. The van der Waals surface area contributed by atoms with Crippen molar-refractivity contribution in [3.63, 3.8) is 0 Å². The summed E-state index contributed by atoms with van der Waals surface area (Å²) in [5.41, 5.74) is 5.50. The number of hydrogen-bond acceptors (Lipinski definition) is 4. The average Bonchev–Trinajstić information content (AvgIpc) is 2.38. The minimum atomic E-state index is -0.949. The van der Waals surface area contributed by atoms with Gasteiger partial charge < -0.3 is 15.6 Å². The molecule has 3 N–H and O–H groups in total. The zero-order chi connectivity index (χ0) is 14.7. The standard InChI is InChI=1S/C14H19FN2O3/c1-9-6-17(8-13(20-9)14(16)19)7-12(18)10-4-2-3-5-11(10)15/h2-5,9,12-13,18H,6-8H2,1H3,(H2,16,19)/t9-,12?,13?/m1/s1. The molecule has 6 heteroatoms. The van der Waals surface area contributed by atoms with E-state index in [0.29, 0.717) is 13.1 Å². The average molecular weight is 282 g/mol. The summed E-state index contributed by atoms with van der Waals surface area (Å²) in [4.78, 5) is 13.1. The molecule has 1 aromatic carbocycles. The van der Waals surface area contributed by atoms with Crippen molar-refractivity contribution in [2.45, 2.75) is 25.2 Å². The summed E-state index contributed by atoms with van der Waals surface area (Å²) in [7, 11) is 0. The number of β-amino-alcohol motifs (C(OH)–C–C–N with tert-alkyl or cyclic N) is 1. The van der Waals surface area contributed by atoms with Crippen molar-refractivity contribution >= 4 is 5.91 Å². The molecular formula is C14H19FN2O3. The highest BCUT2D eigenvalue weighted by Crippen LogP contribution is 2.20. The SMILES string of the molecule is C[C@@H]1CN(CC(O)c2ccccc2F)CC(C(N)=O)O1. The van der Waals surface area contributed by atoms with E-state index in [4.69, 9.17) is 10.5 Å². The second-order valence-electron chi connectivity index (χ2n) is 5.09. The molecule has 110 valence electrons. The van der Waals surface area contributed by atoms with E-state index in [1.165, 1.54) is 6.07 Å². The van der Waals surface area contributed by atoms with E-state index in [-0.39, 0.29) is 18.2 Å². The van der Waals surface area contributed by atoms with Gasteiger partial charge in [0.15, 0.2) is 0 Å². The molecule has 0 aromatic heterocycles. The van der Waals surface area contributed by atoms with Gasteiger partial charge in [-0.2, -0.15) is 0 Å². The molecule has 1 aromatic rings. The molecule has 0 radical (unpaired) electrons. The van der Waals surface area contributed by atoms with Crippen LogP contribution in [0.1, 0.15) is 18.6 Å². The van der Waals surface area contributed by atoms with Crippen LogP contribution in [-0.4, -0.2) is 47.8 Å². The van der Waals surface area contributed by atoms with Crippen molar-refractivity contribution in [1.82, 2.24) is 4.90 Å². The monoisotopic (exact) mass is 282 g/mol. The molecule has 0 spiro atoms. The maximum absolute atomic E-state index is 13.6. The first-order valence-electron chi connectivity index (χ1n) is 6.57. The molecule has 0 aliphatic carbocycles. The van der Waals surface area contributed by atoms with E-state index in [1.807, 2.05) is 11.8 Å². The highest BCUT2D eigenvalue weighted by Gasteiger charge is 2.30. The van der Waals surface area contributed by atoms with Gasteiger partial charge in [0.1, 0.15) is 11.9 Å². The highest BCUT2D eigenvalue weighted by molar-refractivity contribution is 5.79. The first kappa shape index (κ1) is 14.9. The van der Waals surface area contributed by atoms with E-state index >= 15 is 0 Å². The van der Waals surface area contributed by atoms with Gasteiger partial charge in [-0.1, -0.05) is 18.2 Å². The van der Waals surface area contributed by atoms with Gasteiger partial charge in [0.2, 0.25) is 5.91 Å². The van der Waals surface area contributed by atoms with Crippen molar-refractivity contribution in [3.05, 3.63) is 35.6 Å². The molecule has 1 aliphatic rings. The third-order valence-electron chi connectivity index (χ3n) is 3.35. The number of primary amides is 1. The molecule has 1 amide bonds. The highest BCUT2D eigenvalue weighted by atomic mass is 19.1. The second-order valence-corrected chi connectivity index (χ2v) is 5.09. The number of amides is 1. The minimum Gasteiger partial charge on any atom is -0.387 e. The van der Waals surface area contributed by atoms with Crippen LogP contribution in [0.25, 0.3) is 0 Å². The Hall–Kier alpha value is -1.50. The lowest BCUT2D eigenvalue weighted by atomic mass is 10.1. The maximum Gasteiger partial charge on any atom is 0.247 e. The smallest absolute Gasteiger partial charge is 0.247 e. The Bertz CT molecular complexity index is 483. The molecule has 0 saturated carbocycles. The van der Waals surface area contributed by atoms with Gasteiger partial charge in [-0.3, -0.25) is 9.69 Å². The Morgan fingerprint density at radius 1 is 1.55 bits per heavy atom. The van der Waals surface area contributed by atoms with Gasteiger partial charge in [-0.05, 0) is 13.0 Å². The van der Waals surface area contributed by atoms with Crippen LogP contribution in [-0.2, 0) is 9.53 Å². The lowest BCUT2D eigenvalue weighted by molar-refractivity contribution is -0.143. The van der Waals surface area contributed by atoms with Crippen LogP contribution in [0.5, 0.6) is 0 Å². The number of carbonyl (C=O) groups excluding carboxylic acids is 1. The number of aliphatic hydroxyl groups excluding tert-OH is 1. The largest absolute Gasteiger partial charge is 0.387 e. The maximum atomic E-state index is 13.6. The van der Waals surface area contributed by atoms with Crippen molar-refractivity contribution in [1.29, 1.82) is 0 Å². The fourth-order valence-corrected chi connectivity index (χ4v) is 2.43. The molecule has 5 nitrogen and oxygen atoms in total. The van der Waals surface area contributed by atoms with E-state index in [0.717, 1.165) is 0 Å². The Kier molecular flexibility index (Phi) is 4.69. The number of rotatable bonds is 4. The Morgan fingerprint density at radius 3 is 2.90 bits per heavy atom. The molecule has 1 saturated heterocycles. The first-order valence-corrected chi connectivity index (χ1v) is 6.57. The predicted octanol–water partition coefficient (Wildman–Crippen LogP) is 0.434. The van der Waals surface area contributed by atoms with Crippen molar-refractivity contribution in [3.8, 4) is 0 Å². The Labute approximate surface area is 117 Å². The molecular weight excluding hydrogens is 263 g/mol. The summed E-state index contributed by atoms with van der Waals surface area (Å²) < 4.78 is 19.0. The Morgan fingerprint density at radius 2 is 2.25 bits per heavy atom. The predicted molar refractivity (Wildman–Crippen MR) is 71.3 cm³/mol. The van der Waals surface area contributed by atoms with Crippen molar-refractivity contribution in [2.75, 3.05) is 19.6 Å². The van der Waals surface area contributed by atoms with Gasteiger partial charge in [0, 0.05) is 25.2 Å². The molecule has 1 fully saturated rings. The van der Waals surface area contributed by atoms with Crippen LogP contribution in [0.2, 0.25) is 0 Å². The summed E-state index contributed by atoms with van der Waals surface area (Å²) in [5, 5.41) is 10.1. The number of morpholine rings is 1. The van der Waals surface area contributed by atoms with Gasteiger partial charge in [-0.15, -0.1) is 0 Å². The number of nitrogens with zero attached hydrogens (tertiary/aromatic N) is 1. The topological polar surface area (TPSA) is 75.8 Å². The van der Waals surface area contributed by atoms with E-state index < -0.39 is 23.9 Å². The summed E-state index contributed by atoms with van der Waals surface area (Å²) in [6, 6.07) is 6.11. The number of carbonyl (C=O) groups is 1. The zero-order valence-electron chi connectivity index (χ0n) is 11.3. The van der Waals surface area contributed by atoms with Crippen molar-refractivity contribution in [2.24, 2.45) is 5.73 Å². The quantitative estimate of drug-likeness (QED) is 0.840. The molecule has 1 aliphatic heterocycles. The van der Waals surface area contributed by atoms with Crippen LogP contribution < -0.4 is 5.73 Å². The van der Waals surface area contributed by atoms with Gasteiger partial charge in [0.25, 0.3) is 0 Å². The van der Waals surface area contributed by atoms with Crippen LogP contribution >= 0.6 is 0 Å². The fourth-order valence-electron chi connectivity index (χ4n) is 2.43. The third kappa shape index (κ3) is 3.53. The van der Waals surface area contributed by atoms with E-state index in [2.05, 4.69) is 0 Å².